The SMILES string of the molecule is COc1ccc(-c2ccc3c(C(=O)Nc4ccccc4C)cnn3c2)cc1OC. The average molecular weight is 387 g/mol. The lowest BCUT2D eigenvalue weighted by atomic mass is 10.1. The van der Waals surface area contributed by atoms with Gasteiger partial charge >= 0.3 is 0 Å². The zero-order valence-corrected chi connectivity index (χ0v) is 16.5. The lowest BCUT2D eigenvalue weighted by Gasteiger charge is -2.10. The fourth-order valence-electron chi connectivity index (χ4n) is 3.25. The lowest BCUT2D eigenvalue weighted by molar-refractivity contribution is 0.102. The second kappa shape index (κ2) is 7.67. The smallest absolute Gasteiger partial charge is 0.259 e. The van der Waals surface area contributed by atoms with E-state index in [0.29, 0.717) is 17.1 Å². The molecule has 29 heavy (non-hydrogen) atoms. The van der Waals surface area contributed by atoms with Crippen LogP contribution >= 0.6 is 0 Å². The molecule has 146 valence electrons. The topological polar surface area (TPSA) is 64.9 Å². The summed E-state index contributed by atoms with van der Waals surface area (Å²) in [7, 11) is 3.22. The Morgan fingerprint density at radius 1 is 0.966 bits per heavy atom. The number of amides is 1. The number of carbonyl (C=O) groups is 1. The Balaban J connectivity index is 1.66. The number of pyridine rings is 1. The molecule has 0 saturated carbocycles. The summed E-state index contributed by atoms with van der Waals surface area (Å²) < 4.78 is 12.4. The van der Waals surface area contributed by atoms with Gasteiger partial charge in [0.1, 0.15) is 0 Å². The van der Waals surface area contributed by atoms with Crippen LogP contribution in [0.3, 0.4) is 0 Å². The van der Waals surface area contributed by atoms with Crippen LogP contribution in [0.15, 0.2) is 67.0 Å². The van der Waals surface area contributed by atoms with Crippen LogP contribution in [0, 0.1) is 6.92 Å². The largest absolute Gasteiger partial charge is 0.493 e. The van der Waals surface area contributed by atoms with Crippen LogP contribution in [0.1, 0.15) is 15.9 Å². The van der Waals surface area contributed by atoms with Gasteiger partial charge in [-0.25, -0.2) is 4.52 Å². The number of fused-ring (bicyclic) bond motifs is 1. The number of nitrogens with one attached hydrogen (secondary N) is 1. The number of para-hydroxylation sites is 1. The molecule has 0 aliphatic rings. The van der Waals surface area contributed by atoms with Gasteiger partial charge in [-0.05, 0) is 42.3 Å². The van der Waals surface area contributed by atoms with Crippen LogP contribution in [0.2, 0.25) is 0 Å². The quantitative estimate of drug-likeness (QED) is 0.544. The van der Waals surface area contributed by atoms with E-state index in [-0.39, 0.29) is 5.91 Å². The number of anilines is 1. The number of methoxy groups -OCH3 is 2. The van der Waals surface area contributed by atoms with Crippen molar-refractivity contribution in [2.75, 3.05) is 19.5 Å². The Hall–Kier alpha value is -3.80. The molecule has 2 aromatic carbocycles. The van der Waals surface area contributed by atoms with Crippen molar-refractivity contribution in [2.45, 2.75) is 6.92 Å². The van der Waals surface area contributed by atoms with E-state index in [2.05, 4.69) is 10.4 Å². The minimum Gasteiger partial charge on any atom is -0.493 e. The number of rotatable bonds is 5. The molecule has 0 aliphatic carbocycles. The number of aryl methyl sites for hydroxylation is 1. The van der Waals surface area contributed by atoms with Gasteiger partial charge in [-0.15, -0.1) is 0 Å². The van der Waals surface area contributed by atoms with Crippen LogP contribution in [0.25, 0.3) is 16.6 Å². The standard InChI is InChI=1S/C23H21N3O3/c1-15-6-4-5-7-19(15)25-23(27)18-13-24-26-14-17(8-10-20(18)26)16-9-11-21(28-2)22(12-16)29-3/h4-14H,1-3H3,(H,25,27). The summed E-state index contributed by atoms with van der Waals surface area (Å²) in [5.41, 5.74) is 4.97. The number of nitrogens with zero attached hydrogens (tertiary/aromatic N) is 2. The van der Waals surface area contributed by atoms with Crippen molar-refractivity contribution in [3.05, 3.63) is 78.1 Å². The van der Waals surface area contributed by atoms with Gasteiger partial charge in [-0.1, -0.05) is 30.3 Å². The summed E-state index contributed by atoms with van der Waals surface area (Å²) in [5, 5.41) is 7.32. The molecule has 0 aliphatic heterocycles. The summed E-state index contributed by atoms with van der Waals surface area (Å²) in [4.78, 5) is 12.8. The van der Waals surface area contributed by atoms with Gasteiger partial charge in [0.25, 0.3) is 5.91 Å². The van der Waals surface area contributed by atoms with E-state index in [0.717, 1.165) is 27.9 Å². The maximum Gasteiger partial charge on any atom is 0.259 e. The molecule has 6 heteroatoms. The summed E-state index contributed by atoms with van der Waals surface area (Å²) in [6.45, 7) is 1.96. The summed E-state index contributed by atoms with van der Waals surface area (Å²) in [5.74, 6) is 1.14. The molecule has 1 amide bonds. The maximum absolute atomic E-state index is 12.8. The molecule has 6 nitrogen and oxygen atoms in total. The van der Waals surface area contributed by atoms with E-state index in [9.17, 15) is 4.79 Å². The van der Waals surface area contributed by atoms with Crippen LogP contribution in [-0.4, -0.2) is 29.7 Å². The second-order valence-corrected chi connectivity index (χ2v) is 6.64. The highest BCUT2D eigenvalue weighted by Gasteiger charge is 2.15. The van der Waals surface area contributed by atoms with E-state index in [1.165, 1.54) is 0 Å². The van der Waals surface area contributed by atoms with Gasteiger partial charge < -0.3 is 14.8 Å². The second-order valence-electron chi connectivity index (χ2n) is 6.64. The first-order valence-electron chi connectivity index (χ1n) is 9.17. The zero-order valence-electron chi connectivity index (χ0n) is 16.5. The van der Waals surface area contributed by atoms with E-state index in [1.807, 2.05) is 67.7 Å². The highest BCUT2D eigenvalue weighted by Crippen LogP contribution is 2.32. The molecule has 0 fully saturated rings. The predicted octanol–water partition coefficient (Wildman–Crippen LogP) is 4.58. The Labute approximate surface area is 168 Å². The third-order valence-electron chi connectivity index (χ3n) is 4.87. The van der Waals surface area contributed by atoms with Crippen LogP contribution in [0.4, 0.5) is 5.69 Å². The maximum atomic E-state index is 12.8. The van der Waals surface area contributed by atoms with Gasteiger partial charge in [-0.2, -0.15) is 5.10 Å². The van der Waals surface area contributed by atoms with Crippen molar-refractivity contribution >= 4 is 17.1 Å². The normalized spacial score (nSPS) is 10.7. The number of carbonyl (C=O) groups excluding carboxylic acids is 1. The van der Waals surface area contributed by atoms with Crippen molar-refractivity contribution in [2.24, 2.45) is 0 Å². The highest BCUT2D eigenvalue weighted by molar-refractivity contribution is 6.09. The molecule has 4 aromatic rings. The van der Waals surface area contributed by atoms with Gasteiger partial charge in [0.2, 0.25) is 0 Å². The van der Waals surface area contributed by atoms with Crippen LogP contribution in [0.5, 0.6) is 11.5 Å². The van der Waals surface area contributed by atoms with Crippen LogP contribution in [-0.2, 0) is 0 Å². The monoisotopic (exact) mass is 387 g/mol. The summed E-state index contributed by atoms with van der Waals surface area (Å²) in [6.07, 6.45) is 3.47. The summed E-state index contributed by atoms with van der Waals surface area (Å²) >= 11 is 0. The third kappa shape index (κ3) is 3.52. The van der Waals surface area contributed by atoms with Crippen molar-refractivity contribution in [1.82, 2.24) is 9.61 Å². The first kappa shape index (κ1) is 18.6. The molecule has 4 rings (SSSR count). The molecule has 2 heterocycles. The molecule has 0 atom stereocenters. The van der Waals surface area contributed by atoms with E-state index in [4.69, 9.17) is 9.47 Å². The molecule has 0 unspecified atom stereocenters. The van der Waals surface area contributed by atoms with Crippen molar-refractivity contribution in [1.29, 1.82) is 0 Å². The van der Waals surface area contributed by atoms with E-state index >= 15 is 0 Å². The Bertz CT molecular complexity index is 1200. The van der Waals surface area contributed by atoms with Crippen molar-refractivity contribution < 1.29 is 14.3 Å². The first-order chi connectivity index (χ1) is 14.1. The Kier molecular flexibility index (Phi) is 4.91. The van der Waals surface area contributed by atoms with Crippen LogP contribution < -0.4 is 14.8 Å². The predicted molar refractivity (Wildman–Crippen MR) is 113 cm³/mol. The van der Waals surface area contributed by atoms with Crippen molar-refractivity contribution in [3.63, 3.8) is 0 Å². The van der Waals surface area contributed by atoms with Gasteiger partial charge in [-0.3, -0.25) is 4.79 Å². The third-order valence-corrected chi connectivity index (χ3v) is 4.87. The molecule has 1 N–H and O–H groups in total. The van der Waals surface area contributed by atoms with E-state index < -0.39 is 0 Å². The number of hydrogen-bond donors (Lipinski definition) is 1. The number of ether oxygens (including phenoxy) is 2. The van der Waals surface area contributed by atoms with E-state index in [1.54, 1.807) is 24.9 Å². The fourth-order valence-corrected chi connectivity index (χ4v) is 3.25. The molecular formula is C23H21N3O3. The number of aromatic nitrogens is 2. The fraction of sp³-hybridized carbons (Fsp3) is 0.130. The zero-order chi connectivity index (χ0) is 20.4. The average Bonchev–Trinajstić information content (AvgIpc) is 3.18. The molecule has 0 saturated heterocycles. The molecule has 0 spiro atoms. The van der Waals surface area contributed by atoms with Gasteiger partial charge in [0.15, 0.2) is 11.5 Å². The Morgan fingerprint density at radius 2 is 1.72 bits per heavy atom. The minimum absolute atomic E-state index is 0.187. The lowest BCUT2D eigenvalue weighted by Crippen LogP contribution is -2.12. The number of hydrogen-bond acceptors (Lipinski definition) is 4. The molecular weight excluding hydrogens is 366 g/mol. The molecule has 0 radical (unpaired) electrons. The minimum atomic E-state index is -0.187. The van der Waals surface area contributed by atoms with Gasteiger partial charge in [0, 0.05) is 17.4 Å². The summed E-state index contributed by atoms with van der Waals surface area (Å²) in [6, 6.07) is 17.3. The Morgan fingerprint density at radius 3 is 2.48 bits per heavy atom. The molecule has 0 bridgehead atoms. The first-order valence-corrected chi connectivity index (χ1v) is 9.17. The van der Waals surface area contributed by atoms with Gasteiger partial charge in [0.05, 0.1) is 31.5 Å². The molecule has 2 aromatic heterocycles. The van der Waals surface area contributed by atoms with Crippen molar-refractivity contribution in [3.8, 4) is 22.6 Å². The number of benzene rings is 2. The highest BCUT2D eigenvalue weighted by atomic mass is 16.5.